The second-order valence-electron chi connectivity index (χ2n) is 6.01. The molecular formula is C19H21F3N2O3. The predicted octanol–water partition coefficient (Wildman–Crippen LogP) is 4.57. The summed E-state index contributed by atoms with van der Waals surface area (Å²) in [4.78, 5) is 12.1. The molecule has 0 atom stereocenters. The van der Waals surface area contributed by atoms with E-state index in [9.17, 15) is 18.0 Å². The van der Waals surface area contributed by atoms with Crippen molar-refractivity contribution in [3.8, 4) is 11.5 Å². The molecule has 0 aliphatic carbocycles. The van der Waals surface area contributed by atoms with Crippen LogP contribution in [0.15, 0.2) is 36.4 Å². The van der Waals surface area contributed by atoms with E-state index in [1.54, 1.807) is 0 Å². The summed E-state index contributed by atoms with van der Waals surface area (Å²) in [5.74, 6) is 0.0301. The van der Waals surface area contributed by atoms with Crippen LogP contribution in [0.25, 0.3) is 0 Å². The number of nitrogens with one attached hydrogen (secondary N) is 2. The zero-order chi connectivity index (χ0) is 20.0. The Hall–Kier alpha value is -2.90. The van der Waals surface area contributed by atoms with Crippen LogP contribution in [-0.4, -0.2) is 25.9 Å². The number of aryl methyl sites for hydroxylation is 2. The number of halogens is 3. The molecule has 0 bridgehead atoms. The van der Waals surface area contributed by atoms with Crippen LogP contribution in [0.1, 0.15) is 16.7 Å². The van der Waals surface area contributed by atoms with E-state index in [1.165, 1.54) is 25.3 Å². The fourth-order valence-electron chi connectivity index (χ4n) is 2.42. The van der Waals surface area contributed by atoms with E-state index in [0.717, 1.165) is 16.7 Å². The van der Waals surface area contributed by atoms with Gasteiger partial charge in [-0.3, -0.25) is 0 Å². The quantitative estimate of drug-likeness (QED) is 0.769. The van der Waals surface area contributed by atoms with E-state index in [0.29, 0.717) is 6.54 Å². The van der Waals surface area contributed by atoms with Gasteiger partial charge in [0.2, 0.25) is 0 Å². The molecule has 2 aromatic rings. The number of amides is 2. The summed E-state index contributed by atoms with van der Waals surface area (Å²) in [6.07, 6.45) is -4.47. The first-order chi connectivity index (χ1) is 12.7. The monoisotopic (exact) mass is 382 g/mol. The third-order valence-corrected chi connectivity index (χ3v) is 3.75. The summed E-state index contributed by atoms with van der Waals surface area (Å²) in [6.45, 7) is 2.81. The maximum Gasteiger partial charge on any atom is 0.422 e. The molecule has 2 aromatic carbocycles. The maximum atomic E-state index is 12.4. The fourth-order valence-corrected chi connectivity index (χ4v) is 2.42. The summed E-state index contributed by atoms with van der Waals surface area (Å²) >= 11 is 0. The van der Waals surface area contributed by atoms with Crippen molar-refractivity contribution in [3.05, 3.63) is 53.1 Å². The van der Waals surface area contributed by atoms with Gasteiger partial charge in [0.05, 0.1) is 7.11 Å². The first-order valence-electron chi connectivity index (χ1n) is 8.16. The number of rotatable bonds is 6. The van der Waals surface area contributed by atoms with Gasteiger partial charge in [0.15, 0.2) is 18.1 Å². The molecule has 0 aromatic heterocycles. The summed E-state index contributed by atoms with van der Waals surface area (Å²) in [5.41, 5.74) is 3.44. The molecule has 2 amide bonds. The van der Waals surface area contributed by atoms with Crippen molar-refractivity contribution in [2.45, 2.75) is 26.6 Å². The first kappa shape index (κ1) is 20.4. The van der Waals surface area contributed by atoms with Crippen molar-refractivity contribution in [1.29, 1.82) is 0 Å². The third-order valence-electron chi connectivity index (χ3n) is 3.75. The Morgan fingerprint density at radius 2 is 1.81 bits per heavy atom. The number of anilines is 1. The number of hydrogen-bond acceptors (Lipinski definition) is 3. The van der Waals surface area contributed by atoms with Crippen molar-refractivity contribution in [1.82, 2.24) is 5.32 Å². The van der Waals surface area contributed by atoms with Crippen molar-refractivity contribution in [3.63, 3.8) is 0 Å². The molecule has 0 spiro atoms. The van der Waals surface area contributed by atoms with Crippen molar-refractivity contribution < 1.29 is 27.4 Å². The van der Waals surface area contributed by atoms with Gasteiger partial charge in [0.1, 0.15) is 0 Å². The molecule has 0 heterocycles. The van der Waals surface area contributed by atoms with Crippen LogP contribution in [0.2, 0.25) is 0 Å². The Morgan fingerprint density at radius 3 is 2.44 bits per heavy atom. The second-order valence-corrected chi connectivity index (χ2v) is 6.01. The summed E-state index contributed by atoms with van der Waals surface area (Å²) in [7, 11) is 1.32. The lowest BCUT2D eigenvalue weighted by Crippen LogP contribution is -2.28. The average molecular weight is 382 g/mol. The highest BCUT2D eigenvalue weighted by Crippen LogP contribution is 2.31. The van der Waals surface area contributed by atoms with Crippen LogP contribution in [0, 0.1) is 13.8 Å². The van der Waals surface area contributed by atoms with Crippen LogP contribution in [0.3, 0.4) is 0 Å². The standard InChI is InChI=1S/C19H21F3N2O3/c1-12-4-5-14(13(2)8-12)10-23-18(25)24-15-6-7-16(26-3)17(9-15)27-11-19(20,21)22/h4-9H,10-11H2,1-3H3,(H2,23,24,25). The lowest BCUT2D eigenvalue weighted by Gasteiger charge is -2.14. The highest BCUT2D eigenvalue weighted by Gasteiger charge is 2.29. The number of urea groups is 1. The van der Waals surface area contributed by atoms with E-state index in [2.05, 4.69) is 10.6 Å². The molecule has 2 N–H and O–H groups in total. The van der Waals surface area contributed by atoms with Gasteiger partial charge >= 0.3 is 12.2 Å². The highest BCUT2D eigenvalue weighted by molar-refractivity contribution is 5.89. The largest absolute Gasteiger partial charge is 0.493 e. The molecule has 27 heavy (non-hydrogen) atoms. The minimum absolute atomic E-state index is 0.109. The van der Waals surface area contributed by atoms with Gasteiger partial charge in [-0.15, -0.1) is 0 Å². The smallest absolute Gasteiger partial charge is 0.422 e. The van der Waals surface area contributed by atoms with Crippen LogP contribution in [-0.2, 0) is 6.54 Å². The Morgan fingerprint density at radius 1 is 1.07 bits per heavy atom. The lowest BCUT2D eigenvalue weighted by atomic mass is 10.1. The molecule has 0 unspecified atom stereocenters. The number of carbonyl (C=O) groups is 1. The summed E-state index contributed by atoms with van der Waals surface area (Å²) in [6, 6.07) is 9.63. The number of ether oxygens (including phenoxy) is 2. The fraction of sp³-hybridized carbons (Fsp3) is 0.316. The van der Waals surface area contributed by atoms with E-state index >= 15 is 0 Å². The SMILES string of the molecule is COc1ccc(NC(=O)NCc2ccc(C)cc2C)cc1OCC(F)(F)F. The summed E-state index contributed by atoms with van der Waals surface area (Å²) in [5, 5.41) is 5.27. The van der Waals surface area contributed by atoms with Gasteiger partial charge in [-0.05, 0) is 37.1 Å². The Labute approximate surface area is 155 Å². The Bertz CT molecular complexity index is 807. The molecule has 146 valence electrons. The molecule has 0 fully saturated rings. The van der Waals surface area contributed by atoms with E-state index in [-0.39, 0.29) is 17.2 Å². The van der Waals surface area contributed by atoms with Gasteiger partial charge in [-0.1, -0.05) is 23.8 Å². The number of methoxy groups -OCH3 is 1. The third kappa shape index (κ3) is 6.40. The molecule has 8 heteroatoms. The zero-order valence-electron chi connectivity index (χ0n) is 15.2. The summed E-state index contributed by atoms with van der Waals surface area (Å²) < 4.78 is 46.8. The molecule has 5 nitrogen and oxygen atoms in total. The van der Waals surface area contributed by atoms with Gasteiger partial charge < -0.3 is 20.1 Å². The maximum absolute atomic E-state index is 12.4. The second kappa shape index (κ2) is 8.66. The Kier molecular flexibility index (Phi) is 6.55. The van der Waals surface area contributed by atoms with Crippen molar-refractivity contribution >= 4 is 11.7 Å². The van der Waals surface area contributed by atoms with Gasteiger partial charge in [-0.25, -0.2) is 4.79 Å². The molecular weight excluding hydrogens is 361 g/mol. The normalized spacial score (nSPS) is 11.0. The van der Waals surface area contributed by atoms with Gasteiger partial charge in [0, 0.05) is 18.3 Å². The number of carbonyl (C=O) groups excluding carboxylic acids is 1. The van der Waals surface area contributed by atoms with E-state index in [1.807, 2.05) is 32.0 Å². The molecule has 2 rings (SSSR count). The van der Waals surface area contributed by atoms with Crippen LogP contribution in [0.4, 0.5) is 23.7 Å². The predicted molar refractivity (Wildman–Crippen MR) is 96.3 cm³/mol. The number of alkyl halides is 3. The van der Waals surface area contributed by atoms with Crippen molar-refractivity contribution in [2.75, 3.05) is 19.0 Å². The minimum atomic E-state index is -4.47. The average Bonchev–Trinajstić information content (AvgIpc) is 2.58. The number of hydrogen-bond donors (Lipinski definition) is 2. The highest BCUT2D eigenvalue weighted by atomic mass is 19.4. The molecule has 0 radical (unpaired) electrons. The van der Waals surface area contributed by atoms with E-state index < -0.39 is 18.8 Å². The van der Waals surface area contributed by atoms with Crippen molar-refractivity contribution in [2.24, 2.45) is 0 Å². The topological polar surface area (TPSA) is 59.6 Å². The zero-order valence-corrected chi connectivity index (χ0v) is 15.2. The van der Waals surface area contributed by atoms with Crippen LogP contribution in [0.5, 0.6) is 11.5 Å². The van der Waals surface area contributed by atoms with Gasteiger partial charge in [0.25, 0.3) is 0 Å². The molecule has 0 aliphatic rings. The van der Waals surface area contributed by atoms with E-state index in [4.69, 9.17) is 9.47 Å². The minimum Gasteiger partial charge on any atom is -0.493 e. The first-order valence-corrected chi connectivity index (χ1v) is 8.16. The van der Waals surface area contributed by atoms with Crippen LogP contribution >= 0.6 is 0 Å². The number of benzene rings is 2. The van der Waals surface area contributed by atoms with Crippen LogP contribution < -0.4 is 20.1 Å². The Balaban J connectivity index is 2.00. The molecule has 0 saturated heterocycles. The molecule has 0 saturated carbocycles. The molecule has 0 aliphatic heterocycles. The van der Waals surface area contributed by atoms with Gasteiger partial charge in [-0.2, -0.15) is 13.2 Å². The lowest BCUT2D eigenvalue weighted by molar-refractivity contribution is -0.153.